The molecule has 0 unspecified atom stereocenters. The lowest BCUT2D eigenvalue weighted by Crippen LogP contribution is -2.39. The average Bonchev–Trinajstić information content (AvgIpc) is 1.30. The molecular formula is C74H82F6N14O14. The van der Waals surface area contributed by atoms with Crippen molar-refractivity contribution in [2.45, 2.75) is 39.0 Å². The molecule has 0 bridgehead atoms. The number of pyridine rings is 2. The molecule has 4 heterocycles. The molecule has 0 aliphatic rings. The fraction of sp³-hybridized carbons (Fsp3) is 0.378. The van der Waals surface area contributed by atoms with Crippen molar-refractivity contribution in [3.05, 3.63) is 199 Å². The number of nitriles is 2. The second-order valence-electron chi connectivity index (χ2n) is 23.5. The highest BCUT2D eigenvalue weighted by Crippen LogP contribution is 2.34. The van der Waals surface area contributed by atoms with Crippen molar-refractivity contribution in [1.82, 2.24) is 60.6 Å². The van der Waals surface area contributed by atoms with Gasteiger partial charge in [-0.1, -0.05) is 12.1 Å². The van der Waals surface area contributed by atoms with Crippen molar-refractivity contribution in [2.75, 3.05) is 145 Å². The Morgan fingerprint density at radius 2 is 0.704 bits per heavy atom. The third-order valence-electron chi connectivity index (χ3n) is 16.1. The van der Waals surface area contributed by atoms with E-state index in [-0.39, 0.29) is 178 Å². The highest BCUT2D eigenvalue weighted by Gasteiger charge is 2.33. The Hall–Kier alpha value is -11.1. The average molecular weight is 1510 g/mol. The van der Waals surface area contributed by atoms with E-state index in [0.717, 1.165) is 33.4 Å². The summed E-state index contributed by atoms with van der Waals surface area (Å²) in [4.78, 5) is 79.5. The van der Waals surface area contributed by atoms with Crippen LogP contribution in [-0.2, 0) is 50.2 Å². The number of aromatic nitrogens is 6. The monoisotopic (exact) mass is 1500 g/mol. The van der Waals surface area contributed by atoms with Gasteiger partial charge in [0.2, 0.25) is 0 Å². The second-order valence-corrected chi connectivity index (χ2v) is 23.5. The molecule has 6 amide bonds. The highest BCUT2D eigenvalue weighted by molar-refractivity contribution is 5.96. The van der Waals surface area contributed by atoms with E-state index in [9.17, 15) is 65.6 Å². The standard InChI is InChI=1S/C74H82F6N14O14/c1-51-61(65-19-23-89-93(65)57-15-11-53(49-81)12-16-57)47-63(69(97)91(51)59-9-5-7-55(45-59)73(75,76)77)67(95)83-25-29-101-33-37-105-41-43-107-39-35-103-31-27-87-71(99)85-21-3-4-22-86-72(100)88-28-32-104-36-40-108-44-42-106-38-34-102-30-26-84-68(96)64-48-62(66-20-24-90-94(66)58-17-13-54(50-82)14-18-58)52(2)92(70(64)98)60-10-6-8-56(46-60)74(78,79)80/h5-20,23-24,45-48H,3-4,21-22,25-44H2,1-2H3,(H,83,95)(H,84,96)(H2,85,87,99)(H2,86,88,100). The van der Waals surface area contributed by atoms with Crippen LogP contribution in [0.4, 0.5) is 35.9 Å². The summed E-state index contributed by atoms with van der Waals surface area (Å²) in [5.74, 6) is -1.55. The summed E-state index contributed by atoms with van der Waals surface area (Å²) < 4.78 is 132. The van der Waals surface area contributed by atoms with Crippen molar-refractivity contribution in [1.29, 1.82) is 10.5 Å². The van der Waals surface area contributed by atoms with Crippen molar-refractivity contribution in [3.8, 4) is 57.4 Å². The molecule has 0 saturated heterocycles. The van der Waals surface area contributed by atoms with Crippen LogP contribution in [0, 0.1) is 36.5 Å². The molecule has 8 rings (SSSR count). The van der Waals surface area contributed by atoms with Gasteiger partial charge >= 0.3 is 24.4 Å². The van der Waals surface area contributed by atoms with Gasteiger partial charge in [0.1, 0.15) is 11.1 Å². The molecule has 0 spiro atoms. The Labute approximate surface area is 616 Å². The van der Waals surface area contributed by atoms with Gasteiger partial charge in [-0.15, -0.1) is 0 Å². The minimum absolute atomic E-state index is 0.00515. The molecule has 6 N–H and O–H groups in total. The van der Waals surface area contributed by atoms with Crippen molar-refractivity contribution >= 4 is 23.9 Å². The molecular weight excluding hydrogens is 1420 g/mol. The van der Waals surface area contributed by atoms with Crippen molar-refractivity contribution < 1.29 is 83.4 Å². The number of hydrogen-bond donors (Lipinski definition) is 6. The summed E-state index contributed by atoms with van der Waals surface area (Å²) in [5.41, 5.74) is -0.522. The third-order valence-corrected chi connectivity index (χ3v) is 16.1. The third kappa shape index (κ3) is 24.8. The lowest BCUT2D eigenvalue weighted by atomic mass is 10.0. The quantitative estimate of drug-likeness (QED) is 0.0157. The van der Waals surface area contributed by atoms with Gasteiger partial charge < -0.3 is 69.8 Å². The molecule has 108 heavy (non-hydrogen) atoms. The van der Waals surface area contributed by atoms with Crippen LogP contribution in [0.15, 0.2) is 143 Å². The van der Waals surface area contributed by atoms with Crippen LogP contribution in [0.25, 0.3) is 45.3 Å². The summed E-state index contributed by atoms with van der Waals surface area (Å²) in [6.45, 7) is 8.08. The maximum absolute atomic E-state index is 14.0. The second kappa shape index (κ2) is 42.3. The molecule has 0 atom stereocenters. The lowest BCUT2D eigenvalue weighted by molar-refractivity contribution is -0.138. The molecule has 574 valence electrons. The minimum Gasteiger partial charge on any atom is -0.377 e. The van der Waals surface area contributed by atoms with E-state index < -0.39 is 46.4 Å². The SMILES string of the molecule is Cc1c(-c2ccnn2-c2ccc(C#N)cc2)cc(C(=O)NCCOCCOCCOCCOCCNC(=O)NCCCCNC(=O)NCCOCCOCCOCCOCCNC(=O)c2cc(-c3ccnn3-c3ccc(C#N)cc3)c(C)n(-c3cccc(C(F)(F)F)c3)c2=O)c(=O)n1-c1cccc(C(F)(F)F)c1. The Bertz CT molecular complexity index is 4190. The molecule has 4 aromatic carbocycles. The van der Waals surface area contributed by atoms with Gasteiger partial charge in [0, 0.05) is 73.2 Å². The fourth-order valence-electron chi connectivity index (χ4n) is 10.7. The zero-order valence-electron chi connectivity index (χ0n) is 59.2. The van der Waals surface area contributed by atoms with Crippen LogP contribution in [-0.4, -0.2) is 198 Å². The number of carbonyl (C=O) groups excluding carboxylic acids is 4. The Morgan fingerprint density at radius 1 is 0.398 bits per heavy atom. The normalized spacial score (nSPS) is 11.4. The van der Waals surface area contributed by atoms with Gasteiger partial charge in [-0.3, -0.25) is 28.3 Å². The van der Waals surface area contributed by atoms with E-state index >= 15 is 0 Å². The van der Waals surface area contributed by atoms with Gasteiger partial charge in [0.05, 0.1) is 175 Å². The maximum Gasteiger partial charge on any atom is 0.416 e. The predicted octanol–water partition coefficient (Wildman–Crippen LogP) is 7.76. The smallest absolute Gasteiger partial charge is 0.377 e. The van der Waals surface area contributed by atoms with Crippen LogP contribution < -0.4 is 43.0 Å². The maximum atomic E-state index is 14.0. The number of nitrogens with zero attached hydrogens (tertiary/aromatic N) is 8. The van der Waals surface area contributed by atoms with Crippen molar-refractivity contribution in [2.24, 2.45) is 0 Å². The topological polar surface area (TPSA) is 342 Å². The summed E-state index contributed by atoms with van der Waals surface area (Å²) in [7, 11) is 0. The fourth-order valence-corrected chi connectivity index (χ4v) is 10.7. The van der Waals surface area contributed by atoms with Crippen LogP contribution in [0.2, 0.25) is 0 Å². The number of ether oxygens (including phenoxy) is 8. The summed E-state index contributed by atoms with van der Waals surface area (Å²) in [6.07, 6.45) is -5.16. The first-order valence-corrected chi connectivity index (χ1v) is 34.4. The number of carbonyl (C=O) groups is 4. The number of halogens is 6. The largest absolute Gasteiger partial charge is 0.416 e. The van der Waals surface area contributed by atoms with E-state index in [1.54, 1.807) is 74.5 Å². The van der Waals surface area contributed by atoms with Gasteiger partial charge in [-0.2, -0.15) is 47.1 Å². The van der Waals surface area contributed by atoms with Crippen molar-refractivity contribution in [3.63, 3.8) is 0 Å². The molecule has 0 aliphatic heterocycles. The van der Waals surface area contributed by atoms with Gasteiger partial charge in [-0.05, 0) is 136 Å². The lowest BCUT2D eigenvalue weighted by Gasteiger charge is -2.19. The van der Waals surface area contributed by atoms with Crippen LogP contribution in [0.3, 0.4) is 0 Å². The van der Waals surface area contributed by atoms with Crippen LogP contribution >= 0.6 is 0 Å². The first kappa shape index (κ1) is 82.6. The molecule has 8 aromatic rings. The number of nitrogens with one attached hydrogen (secondary N) is 6. The van der Waals surface area contributed by atoms with E-state index in [1.807, 2.05) is 12.1 Å². The number of rotatable bonds is 43. The molecule has 0 saturated carbocycles. The number of urea groups is 2. The number of hydrogen-bond acceptors (Lipinski definition) is 18. The number of alkyl halides is 6. The molecule has 0 fully saturated rings. The molecule has 34 heteroatoms. The number of amides is 6. The molecule has 4 aromatic heterocycles. The zero-order chi connectivity index (χ0) is 77.3. The Morgan fingerprint density at radius 3 is 1.02 bits per heavy atom. The molecule has 0 aliphatic carbocycles. The molecule has 28 nitrogen and oxygen atoms in total. The summed E-state index contributed by atoms with van der Waals surface area (Å²) in [5, 5.41) is 43.6. The zero-order valence-corrected chi connectivity index (χ0v) is 59.2. The van der Waals surface area contributed by atoms with Crippen LogP contribution in [0.5, 0.6) is 0 Å². The number of benzene rings is 4. The highest BCUT2D eigenvalue weighted by atomic mass is 19.4. The summed E-state index contributed by atoms with van der Waals surface area (Å²) in [6, 6.07) is 30.9. The van der Waals surface area contributed by atoms with Gasteiger partial charge in [0.15, 0.2) is 0 Å². The molecule has 0 radical (unpaired) electrons. The minimum atomic E-state index is -4.70. The van der Waals surface area contributed by atoms with E-state index in [1.165, 1.54) is 58.2 Å². The number of unbranched alkanes of at least 4 members (excludes halogenated alkanes) is 1. The van der Waals surface area contributed by atoms with Gasteiger partial charge in [-0.25, -0.2) is 19.0 Å². The first-order valence-electron chi connectivity index (χ1n) is 34.4. The van der Waals surface area contributed by atoms with E-state index in [2.05, 4.69) is 42.1 Å². The predicted molar refractivity (Wildman–Crippen MR) is 381 cm³/mol. The summed E-state index contributed by atoms with van der Waals surface area (Å²) >= 11 is 0. The first-order chi connectivity index (χ1) is 52.2. The van der Waals surface area contributed by atoms with E-state index in [4.69, 9.17) is 37.9 Å². The van der Waals surface area contributed by atoms with Crippen LogP contribution in [0.1, 0.15) is 67.2 Å². The van der Waals surface area contributed by atoms with E-state index in [0.29, 0.717) is 70.9 Å². The Kier molecular flexibility index (Phi) is 32.3. The Balaban J connectivity index is 0.580. The van der Waals surface area contributed by atoms with Gasteiger partial charge in [0.25, 0.3) is 22.9 Å².